The van der Waals surface area contributed by atoms with Crippen molar-refractivity contribution in [1.29, 1.82) is 0 Å². The summed E-state index contributed by atoms with van der Waals surface area (Å²) in [5.41, 5.74) is -0.188. The molecule has 2 nitrogen and oxygen atoms in total. The first-order valence-corrected chi connectivity index (χ1v) is 3.93. The molecule has 1 aliphatic heterocycles. The molecule has 2 rings (SSSR count). The Balaban J connectivity index is 2.34. The minimum Gasteiger partial charge on any atom is -0.164 e. The molecule has 0 N–H and O–H groups in total. The molecule has 13 heavy (non-hydrogen) atoms. The third-order valence-electron chi connectivity index (χ3n) is 2.07. The average molecular weight is 188 g/mol. The quantitative estimate of drug-likeness (QED) is 0.557. The fraction of sp³-hybridized carbons (Fsp3) is 0.500. The highest BCUT2D eigenvalue weighted by atomic mass is 19.4. The number of rotatable bonds is 0. The maximum atomic E-state index is 12.3. The summed E-state index contributed by atoms with van der Waals surface area (Å²) in [5.74, 6) is 0.140. The Labute approximate surface area is 72.8 Å². The highest BCUT2D eigenvalue weighted by Crippen LogP contribution is 2.33. The number of alkyl halides is 3. The highest BCUT2D eigenvalue weighted by molar-refractivity contribution is 6.29. The van der Waals surface area contributed by atoms with Crippen molar-refractivity contribution in [3.8, 4) is 0 Å². The van der Waals surface area contributed by atoms with Gasteiger partial charge in [-0.1, -0.05) is 13.0 Å². The molecule has 0 bridgehead atoms. The van der Waals surface area contributed by atoms with Gasteiger partial charge < -0.3 is 0 Å². The van der Waals surface area contributed by atoms with E-state index in [1.807, 2.05) is 6.92 Å². The van der Waals surface area contributed by atoms with Crippen LogP contribution in [0.1, 0.15) is 13.3 Å². The van der Waals surface area contributed by atoms with E-state index in [1.54, 1.807) is 6.08 Å². The van der Waals surface area contributed by atoms with Crippen LogP contribution < -0.4 is 0 Å². The van der Waals surface area contributed by atoms with E-state index in [0.29, 0.717) is 12.1 Å². The molecule has 1 aliphatic carbocycles. The van der Waals surface area contributed by atoms with Gasteiger partial charge in [-0.3, -0.25) is 0 Å². The molecule has 5 heteroatoms. The summed E-state index contributed by atoms with van der Waals surface area (Å²) in [6, 6.07) is 0. The Morgan fingerprint density at radius 2 is 2.08 bits per heavy atom. The van der Waals surface area contributed by atoms with Crippen molar-refractivity contribution in [2.45, 2.75) is 19.5 Å². The maximum Gasteiger partial charge on any atom is 0.435 e. The smallest absolute Gasteiger partial charge is 0.164 e. The Morgan fingerprint density at radius 3 is 2.69 bits per heavy atom. The van der Waals surface area contributed by atoms with Crippen LogP contribution in [0.2, 0.25) is 0 Å². The lowest BCUT2D eigenvalue weighted by Gasteiger charge is -2.05. The Bertz CT molecular complexity index is 336. The van der Waals surface area contributed by atoms with Crippen LogP contribution in [-0.2, 0) is 0 Å². The lowest BCUT2D eigenvalue weighted by molar-refractivity contribution is -0.0579. The van der Waals surface area contributed by atoms with Crippen molar-refractivity contribution < 1.29 is 13.2 Å². The summed E-state index contributed by atoms with van der Waals surface area (Å²) in [5, 5.41) is 6.65. The van der Waals surface area contributed by atoms with Crippen LogP contribution in [-0.4, -0.2) is 17.6 Å². The summed E-state index contributed by atoms with van der Waals surface area (Å²) in [4.78, 5) is 0. The number of hydrogen-bond acceptors (Lipinski definition) is 2. The second-order valence-corrected chi connectivity index (χ2v) is 3.25. The standard InChI is InChI=1S/C8H7F3N2/c1-4-2-5-6(3-4)12-13-7(5)8(9,10)11/h2,4H,3H2,1H3. The van der Waals surface area contributed by atoms with E-state index in [0.717, 1.165) is 0 Å². The summed E-state index contributed by atoms with van der Waals surface area (Å²) in [6.07, 6.45) is -2.22. The van der Waals surface area contributed by atoms with Gasteiger partial charge in [0.25, 0.3) is 0 Å². The van der Waals surface area contributed by atoms with Gasteiger partial charge in [-0.2, -0.15) is 18.3 Å². The van der Waals surface area contributed by atoms with Gasteiger partial charge >= 0.3 is 6.18 Å². The van der Waals surface area contributed by atoms with Gasteiger partial charge in [0.05, 0.1) is 5.71 Å². The van der Waals surface area contributed by atoms with Crippen molar-refractivity contribution >= 4 is 11.4 Å². The van der Waals surface area contributed by atoms with Crippen LogP contribution in [0.15, 0.2) is 21.9 Å². The molecule has 0 aromatic heterocycles. The molecule has 1 unspecified atom stereocenters. The van der Waals surface area contributed by atoms with Crippen molar-refractivity contribution in [1.82, 2.24) is 0 Å². The van der Waals surface area contributed by atoms with Crippen LogP contribution in [0.25, 0.3) is 0 Å². The van der Waals surface area contributed by atoms with Gasteiger partial charge in [0.2, 0.25) is 0 Å². The second-order valence-electron chi connectivity index (χ2n) is 3.25. The zero-order chi connectivity index (χ0) is 9.64. The van der Waals surface area contributed by atoms with Crippen molar-refractivity contribution in [2.75, 3.05) is 0 Å². The number of fused-ring (bicyclic) bond motifs is 1. The Hall–Kier alpha value is -1.13. The first-order chi connectivity index (χ1) is 5.98. The monoisotopic (exact) mass is 188 g/mol. The molecule has 1 heterocycles. The number of halogens is 3. The van der Waals surface area contributed by atoms with E-state index in [-0.39, 0.29) is 11.5 Å². The van der Waals surface area contributed by atoms with Gasteiger partial charge in [-0.25, -0.2) is 0 Å². The van der Waals surface area contributed by atoms with E-state index in [1.165, 1.54) is 0 Å². The SMILES string of the molecule is CC1C=C2C(=NN=C2C(F)(F)F)C1. The molecule has 0 fully saturated rings. The largest absolute Gasteiger partial charge is 0.435 e. The molecule has 0 aromatic rings. The maximum absolute atomic E-state index is 12.3. The van der Waals surface area contributed by atoms with Gasteiger partial charge in [0.1, 0.15) is 0 Å². The van der Waals surface area contributed by atoms with Gasteiger partial charge in [0, 0.05) is 5.57 Å². The highest BCUT2D eigenvalue weighted by Gasteiger charge is 2.43. The minimum absolute atomic E-state index is 0.140. The molecule has 0 radical (unpaired) electrons. The van der Waals surface area contributed by atoms with Gasteiger partial charge in [0.15, 0.2) is 5.71 Å². The van der Waals surface area contributed by atoms with Gasteiger partial charge in [-0.05, 0) is 12.3 Å². The van der Waals surface area contributed by atoms with Crippen molar-refractivity contribution in [3.63, 3.8) is 0 Å². The second kappa shape index (κ2) is 2.43. The van der Waals surface area contributed by atoms with Crippen LogP contribution >= 0.6 is 0 Å². The molecule has 0 spiro atoms. The zero-order valence-electron chi connectivity index (χ0n) is 6.89. The summed E-state index contributed by atoms with van der Waals surface area (Å²) in [7, 11) is 0. The minimum atomic E-state index is -4.37. The van der Waals surface area contributed by atoms with Crippen molar-refractivity contribution in [3.05, 3.63) is 11.6 Å². The molecule has 70 valence electrons. The Kier molecular flexibility index (Phi) is 1.58. The molecular formula is C8H7F3N2. The van der Waals surface area contributed by atoms with Crippen LogP contribution in [0.3, 0.4) is 0 Å². The van der Waals surface area contributed by atoms with E-state index in [2.05, 4.69) is 10.2 Å². The molecule has 0 saturated heterocycles. The first kappa shape index (κ1) is 8.47. The molecule has 0 amide bonds. The molecular weight excluding hydrogens is 181 g/mol. The topological polar surface area (TPSA) is 24.7 Å². The predicted octanol–water partition coefficient (Wildman–Crippen LogP) is 2.33. The summed E-state index contributed by atoms with van der Waals surface area (Å²) in [6.45, 7) is 1.86. The normalized spacial score (nSPS) is 26.8. The van der Waals surface area contributed by atoms with E-state index in [9.17, 15) is 13.2 Å². The van der Waals surface area contributed by atoms with E-state index >= 15 is 0 Å². The van der Waals surface area contributed by atoms with Crippen molar-refractivity contribution in [2.24, 2.45) is 16.1 Å². The lowest BCUT2D eigenvalue weighted by Crippen LogP contribution is -2.24. The number of nitrogens with zero attached hydrogens (tertiary/aromatic N) is 2. The number of allylic oxidation sites excluding steroid dienone is 2. The van der Waals surface area contributed by atoms with Crippen LogP contribution in [0.5, 0.6) is 0 Å². The predicted molar refractivity (Wildman–Crippen MR) is 42.8 cm³/mol. The summed E-state index contributed by atoms with van der Waals surface area (Å²) >= 11 is 0. The number of hydrogen-bond donors (Lipinski definition) is 0. The van der Waals surface area contributed by atoms with Crippen LogP contribution in [0.4, 0.5) is 13.2 Å². The lowest BCUT2D eigenvalue weighted by atomic mass is 10.1. The first-order valence-electron chi connectivity index (χ1n) is 3.93. The summed E-state index contributed by atoms with van der Waals surface area (Å²) < 4.78 is 36.8. The van der Waals surface area contributed by atoms with E-state index < -0.39 is 11.9 Å². The molecule has 0 saturated carbocycles. The molecule has 1 atom stereocenters. The third-order valence-corrected chi connectivity index (χ3v) is 2.07. The zero-order valence-corrected chi connectivity index (χ0v) is 6.89. The average Bonchev–Trinajstić information content (AvgIpc) is 2.41. The Morgan fingerprint density at radius 1 is 1.38 bits per heavy atom. The molecule has 2 aliphatic rings. The van der Waals surface area contributed by atoms with Crippen LogP contribution in [0, 0.1) is 5.92 Å². The molecule has 0 aromatic carbocycles. The fourth-order valence-electron chi connectivity index (χ4n) is 1.54. The fourth-order valence-corrected chi connectivity index (χ4v) is 1.54. The van der Waals surface area contributed by atoms with E-state index in [4.69, 9.17) is 0 Å². The third kappa shape index (κ3) is 1.28. The van der Waals surface area contributed by atoms with Gasteiger partial charge in [-0.15, -0.1) is 5.10 Å².